The smallest absolute Gasteiger partial charge is 0.120 e. The van der Waals surface area contributed by atoms with E-state index in [0.29, 0.717) is 5.92 Å². The second-order valence-corrected chi connectivity index (χ2v) is 4.88. The molecule has 0 aromatic heterocycles. The molecule has 1 aromatic carbocycles. The molecule has 82 valence electrons. The van der Waals surface area contributed by atoms with Gasteiger partial charge in [0.15, 0.2) is 0 Å². The number of hydrogen-bond acceptors (Lipinski definition) is 2. The van der Waals surface area contributed by atoms with Crippen molar-refractivity contribution in [2.45, 2.75) is 18.8 Å². The first-order chi connectivity index (χ1) is 7.29. The largest absolute Gasteiger partial charge is 0.497 e. The summed E-state index contributed by atoms with van der Waals surface area (Å²) in [5.74, 6) is 1.56. The zero-order valence-corrected chi connectivity index (χ0v) is 10.5. The quantitative estimate of drug-likeness (QED) is 0.892. The van der Waals surface area contributed by atoms with Gasteiger partial charge in [-0.15, -0.1) is 0 Å². The summed E-state index contributed by atoms with van der Waals surface area (Å²) in [5.41, 5.74) is 1.37. The van der Waals surface area contributed by atoms with Gasteiger partial charge in [0.05, 0.1) is 7.11 Å². The van der Waals surface area contributed by atoms with Crippen LogP contribution in [0.15, 0.2) is 22.7 Å². The maximum absolute atomic E-state index is 5.28. The summed E-state index contributed by atoms with van der Waals surface area (Å²) in [6, 6.07) is 6.34. The average molecular weight is 270 g/mol. The molecule has 15 heavy (non-hydrogen) atoms. The van der Waals surface area contributed by atoms with Crippen molar-refractivity contribution >= 4 is 15.9 Å². The third-order valence-corrected chi connectivity index (χ3v) is 3.36. The maximum Gasteiger partial charge on any atom is 0.120 e. The maximum atomic E-state index is 5.28. The van der Waals surface area contributed by atoms with E-state index < -0.39 is 0 Å². The Labute approximate surface area is 99.1 Å². The molecular weight excluding hydrogens is 254 g/mol. The molecule has 1 aliphatic rings. The molecule has 1 aromatic rings. The van der Waals surface area contributed by atoms with Gasteiger partial charge in [-0.25, -0.2) is 0 Å². The van der Waals surface area contributed by atoms with E-state index in [-0.39, 0.29) is 0 Å². The average Bonchev–Trinajstić information content (AvgIpc) is 2.29. The van der Waals surface area contributed by atoms with Gasteiger partial charge in [-0.05, 0) is 49.1 Å². The van der Waals surface area contributed by atoms with Crippen molar-refractivity contribution < 1.29 is 4.74 Å². The van der Waals surface area contributed by atoms with Crippen molar-refractivity contribution in [1.82, 2.24) is 5.32 Å². The van der Waals surface area contributed by atoms with Crippen LogP contribution in [0.25, 0.3) is 0 Å². The van der Waals surface area contributed by atoms with Gasteiger partial charge >= 0.3 is 0 Å². The summed E-state index contributed by atoms with van der Waals surface area (Å²) in [7, 11) is 1.71. The molecule has 1 atom stereocenters. The first-order valence-electron chi connectivity index (χ1n) is 5.35. The predicted molar refractivity (Wildman–Crippen MR) is 65.5 cm³/mol. The third kappa shape index (κ3) is 2.73. The van der Waals surface area contributed by atoms with Gasteiger partial charge in [0.2, 0.25) is 0 Å². The number of methoxy groups -OCH3 is 1. The summed E-state index contributed by atoms with van der Waals surface area (Å²) in [6.45, 7) is 2.24. The summed E-state index contributed by atoms with van der Waals surface area (Å²) in [6.07, 6.45) is 2.53. The lowest BCUT2D eigenvalue weighted by Gasteiger charge is -2.23. The Morgan fingerprint density at radius 1 is 1.40 bits per heavy atom. The molecule has 0 amide bonds. The number of nitrogens with one attached hydrogen (secondary N) is 1. The van der Waals surface area contributed by atoms with Crippen LogP contribution in [0.2, 0.25) is 0 Å². The molecule has 1 aliphatic heterocycles. The van der Waals surface area contributed by atoms with Crippen molar-refractivity contribution in [3.63, 3.8) is 0 Å². The van der Waals surface area contributed by atoms with Crippen molar-refractivity contribution in [3.05, 3.63) is 28.2 Å². The summed E-state index contributed by atoms with van der Waals surface area (Å²) in [4.78, 5) is 0. The molecule has 1 fully saturated rings. The number of hydrogen-bond donors (Lipinski definition) is 1. The van der Waals surface area contributed by atoms with Crippen LogP contribution in [0.5, 0.6) is 5.75 Å². The molecule has 0 saturated carbocycles. The Morgan fingerprint density at radius 2 is 2.27 bits per heavy atom. The van der Waals surface area contributed by atoms with Gasteiger partial charge < -0.3 is 10.1 Å². The zero-order chi connectivity index (χ0) is 10.7. The Balaban J connectivity index is 2.22. The minimum Gasteiger partial charge on any atom is -0.497 e. The van der Waals surface area contributed by atoms with Gasteiger partial charge in [0.1, 0.15) is 5.75 Å². The number of piperidine rings is 1. The molecule has 1 heterocycles. The van der Waals surface area contributed by atoms with E-state index in [1.54, 1.807) is 7.11 Å². The fraction of sp³-hybridized carbons (Fsp3) is 0.500. The first-order valence-corrected chi connectivity index (χ1v) is 6.14. The summed E-state index contributed by atoms with van der Waals surface area (Å²) < 4.78 is 6.38. The standard InChI is InChI=1S/C12H16BrNO/c1-15-12-6-10(5-11(13)7-12)9-3-2-4-14-8-9/h5-7,9,14H,2-4,8H2,1H3/t9-/m0/s1. The van der Waals surface area contributed by atoms with Crippen LogP contribution in [0.4, 0.5) is 0 Å². The second kappa shape index (κ2) is 4.99. The Kier molecular flexibility index (Phi) is 3.65. The fourth-order valence-electron chi connectivity index (χ4n) is 2.07. The van der Waals surface area contributed by atoms with Crippen LogP contribution in [0.1, 0.15) is 24.3 Å². The molecule has 0 radical (unpaired) electrons. The number of rotatable bonds is 2. The van der Waals surface area contributed by atoms with E-state index in [9.17, 15) is 0 Å². The molecule has 0 aliphatic carbocycles. The van der Waals surface area contributed by atoms with E-state index in [0.717, 1.165) is 23.3 Å². The minimum absolute atomic E-state index is 0.630. The molecule has 2 rings (SSSR count). The monoisotopic (exact) mass is 269 g/mol. The van der Waals surface area contributed by atoms with Crippen LogP contribution in [0.3, 0.4) is 0 Å². The lowest BCUT2D eigenvalue weighted by atomic mass is 9.92. The highest BCUT2D eigenvalue weighted by Gasteiger charge is 2.16. The highest BCUT2D eigenvalue weighted by atomic mass is 79.9. The van der Waals surface area contributed by atoms with Gasteiger partial charge in [-0.3, -0.25) is 0 Å². The molecule has 0 bridgehead atoms. The highest BCUT2D eigenvalue weighted by Crippen LogP contribution is 2.29. The van der Waals surface area contributed by atoms with E-state index in [1.807, 2.05) is 6.07 Å². The SMILES string of the molecule is COc1cc(Br)cc([C@H]2CCCNC2)c1. The zero-order valence-electron chi connectivity index (χ0n) is 8.92. The van der Waals surface area contributed by atoms with E-state index in [4.69, 9.17) is 4.74 Å². The summed E-state index contributed by atoms with van der Waals surface area (Å²) >= 11 is 3.52. The highest BCUT2D eigenvalue weighted by molar-refractivity contribution is 9.10. The predicted octanol–water partition coefficient (Wildman–Crippen LogP) is 2.92. The molecule has 0 unspecified atom stereocenters. The van der Waals surface area contributed by atoms with Crippen molar-refractivity contribution in [3.8, 4) is 5.75 Å². The lowest BCUT2D eigenvalue weighted by molar-refractivity contribution is 0.411. The van der Waals surface area contributed by atoms with Gasteiger partial charge in [-0.1, -0.05) is 15.9 Å². The molecule has 1 saturated heterocycles. The van der Waals surface area contributed by atoms with Gasteiger partial charge in [0, 0.05) is 11.0 Å². The molecular formula is C12H16BrNO. The van der Waals surface area contributed by atoms with E-state index in [2.05, 4.69) is 33.4 Å². The molecule has 0 spiro atoms. The Morgan fingerprint density at radius 3 is 2.93 bits per heavy atom. The number of halogens is 1. The van der Waals surface area contributed by atoms with Gasteiger partial charge in [0.25, 0.3) is 0 Å². The van der Waals surface area contributed by atoms with E-state index in [1.165, 1.54) is 18.4 Å². The van der Waals surface area contributed by atoms with Crippen LogP contribution < -0.4 is 10.1 Å². The second-order valence-electron chi connectivity index (χ2n) is 3.97. The third-order valence-electron chi connectivity index (χ3n) is 2.90. The van der Waals surface area contributed by atoms with Crippen molar-refractivity contribution in [2.75, 3.05) is 20.2 Å². The summed E-state index contributed by atoms with van der Waals surface area (Å²) in [5, 5.41) is 3.43. The van der Waals surface area contributed by atoms with Crippen molar-refractivity contribution in [1.29, 1.82) is 0 Å². The molecule has 1 N–H and O–H groups in total. The Hall–Kier alpha value is -0.540. The fourth-order valence-corrected chi connectivity index (χ4v) is 2.56. The topological polar surface area (TPSA) is 21.3 Å². The van der Waals surface area contributed by atoms with Crippen LogP contribution in [0, 0.1) is 0 Å². The Bertz CT molecular complexity index is 334. The lowest BCUT2D eigenvalue weighted by Crippen LogP contribution is -2.28. The van der Waals surface area contributed by atoms with Crippen LogP contribution in [-0.4, -0.2) is 20.2 Å². The van der Waals surface area contributed by atoms with Crippen LogP contribution >= 0.6 is 15.9 Å². The normalized spacial score (nSPS) is 21.3. The van der Waals surface area contributed by atoms with Crippen molar-refractivity contribution in [2.24, 2.45) is 0 Å². The van der Waals surface area contributed by atoms with Crippen LogP contribution in [-0.2, 0) is 0 Å². The van der Waals surface area contributed by atoms with E-state index >= 15 is 0 Å². The number of benzene rings is 1. The number of ether oxygens (including phenoxy) is 1. The molecule has 2 nitrogen and oxygen atoms in total. The van der Waals surface area contributed by atoms with Gasteiger partial charge in [-0.2, -0.15) is 0 Å². The minimum atomic E-state index is 0.630. The molecule has 3 heteroatoms. The first kappa shape index (κ1) is 11.0.